The van der Waals surface area contributed by atoms with Crippen LogP contribution in [0.4, 0.5) is 0 Å². The zero-order valence-electron chi connectivity index (χ0n) is 21.2. The van der Waals surface area contributed by atoms with Crippen molar-refractivity contribution in [3.8, 4) is 0 Å². The zero-order chi connectivity index (χ0) is 23.2. The molecular formula is C22H47N2O4PY2. The number of hydrogen-bond acceptors (Lipinski definition) is 4. The Morgan fingerprint density at radius 1 is 1.23 bits per heavy atom. The number of amides is 2. The van der Waals surface area contributed by atoms with Gasteiger partial charge in [-0.3, -0.25) is 14.5 Å². The molecule has 1 rings (SSSR count). The number of aliphatic hydroxyl groups is 1. The Labute approximate surface area is 244 Å². The van der Waals surface area contributed by atoms with Gasteiger partial charge in [-0.1, -0.05) is 54.4 Å². The number of aliphatic hydroxyl groups excluding tert-OH is 1. The van der Waals surface area contributed by atoms with Crippen molar-refractivity contribution in [3.05, 3.63) is 11.8 Å². The van der Waals surface area contributed by atoms with E-state index in [4.69, 9.17) is 9.84 Å². The summed E-state index contributed by atoms with van der Waals surface area (Å²) in [7, 11) is 5.18. The summed E-state index contributed by atoms with van der Waals surface area (Å²) >= 11 is 0. The predicted octanol–water partition coefficient (Wildman–Crippen LogP) is 4.33. The largest absolute Gasteiger partial charge is 0.400 e. The van der Waals surface area contributed by atoms with Gasteiger partial charge in [0.2, 0.25) is 12.3 Å². The molecule has 0 aromatic rings. The molecule has 180 valence electrons. The van der Waals surface area contributed by atoms with Crippen molar-refractivity contribution in [1.82, 2.24) is 10.2 Å². The van der Waals surface area contributed by atoms with E-state index >= 15 is 0 Å². The van der Waals surface area contributed by atoms with E-state index in [0.717, 1.165) is 45.6 Å². The second kappa shape index (κ2) is 31.2. The molecule has 1 aliphatic rings. The van der Waals surface area contributed by atoms with E-state index in [2.05, 4.69) is 35.3 Å². The van der Waals surface area contributed by atoms with Crippen LogP contribution in [-0.2, 0) is 79.7 Å². The van der Waals surface area contributed by atoms with Gasteiger partial charge in [-0.2, -0.15) is 0 Å². The van der Waals surface area contributed by atoms with Crippen LogP contribution in [0.2, 0.25) is 0 Å². The summed E-state index contributed by atoms with van der Waals surface area (Å²) in [6, 6.07) is 0. The fraction of sp³-hybridized carbons (Fsp3) is 0.818. The van der Waals surface area contributed by atoms with Crippen molar-refractivity contribution in [1.29, 1.82) is 0 Å². The summed E-state index contributed by atoms with van der Waals surface area (Å²) in [5.74, 6) is 0.494. The van der Waals surface area contributed by atoms with E-state index in [1.807, 2.05) is 20.8 Å². The van der Waals surface area contributed by atoms with Gasteiger partial charge in [0.25, 0.3) is 0 Å². The van der Waals surface area contributed by atoms with Crippen molar-refractivity contribution in [2.75, 3.05) is 20.3 Å². The Bertz CT molecular complexity index is 430. The summed E-state index contributed by atoms with van der Waals surface area (Å²) in [5.41, 5.74) is 0.617. The maximum Gasteiger partial charge on any atom is 0.248 e. The van der Waals surface area contributed by atoms with Gasteiger partial charge in [-0.25, -0.2) is 0 Å². The number of nitrogens with zero attached hydrogens (tertiary/aromatic N) is 1. The number of rotatable bonds is 9. The summed E-state index contributed by atoms with van der Waals surface area (Å²) < 4.78 is 6.00. The molecule has 31 heavy (non-hydrogen) atoms. The predicted molar refractivity (Wildman–Crippen MR) is 127 cm³/mol. The number of nitrogens with one attached hydrogen (secondary N) is 1. The minimum atomic E-state index is -0.247. The maximum atomic E-state index is 11.9. The van der Waals surface area contributed by atoms with Crippen molar-refractivity contribution in [2.24, 2.45) is 5.92 Å². The number of carbonyl (C=O) groups is 2. The van der Waals surface area contributed by atoms with Crippen LogP contribution in [0.15, 0.2) is 11.8 Å². The molecule has 6 nitrogen and oxygen atoms in total. The van der Waals surface area contributed by atoms with Gasteiger partial charge in [0.15, 0.2) is 0 Å². The first kappa shape index (κ1) is 42.4. The Kier molecular flexibility index (Phi) is 42.7. The molecular weight excluding hydrogens is 565 g/mol. The van der Waals surface area contributed by atoms with Crippen molar-refractivity contribution in [2.45, 2.75) is 92.4 Å². The monoisotopic (exact) mass is 612 g/mol. The average Bonchev–Trinajstić information content (AvgIpc) is 3.22. The zero-order valence-corrected chi connectivity index (χ0v) is 28.0. The molecule has 2 amide bonds. The van der Waals surface area contributed by atoms with E-state index < -0.39 is 0 Å². The van der Waals surface area contributed by atoms with Crippen LogP contribution >= 0.6 is 9.24 Å². The molecule has 0 spiro atoms. The van der Waals surface area contributed by atoms with Crippen molar-refractivity contribution in [3.63, 3.8) is 0 Å². The van der Waals surface area contributed by atoms with Crippen LogP contribution in [-0.4, -0.2) is 55.0 Å². The molecule has 1 fully saturated rings. The van der Waals surface area contributed by atoms with Gasteiger partial charge in [0.1, 0.15) is 6.23 Å². The minimum absolute atomic E-state index is 0. The fourth-order valence-corrected chi connectivity index (χ4v) is 2.72. The second-order valence-electron chi connectivity index (χ2n) is 6.48. The van der Waals surface area contributed by atoms with E-state index in [9.17, 15) is 9.59 Å². The van der Waals surface area contributed by atoms with Crippen LogP contribution < -0.4 is 5.32 Å². The maximum absolute atomic E-state index is 11.9. The molecule has 2 radical (unpaired) electrons. The summed E-state index contributed by atoms with van der Waals surface area (Å²) in [6.07, 6.45) is 9.00. The Morgan fingerprint density at radius 3 is 2.13 bits per heavy atom. The van der Waals surface area contributed by atoms with Crippen LogP contribution in [0.3, 0.4) is 0 Å². The Hall–Kier alpha value is 1.24. The fourth-order valence-electron chi connectivity index (χ4n) is 2.72. The van der Waals surface area contributed by atoms with E-state index in [1.165, 1.54) is 11.1 Å². The van der Waals surface area contributed by atoms with Crippen molar-refractivity contribution >= 4 is 21.6 Å². The van der Waals surface area contributed by atoms with Crippen LogP contribution in [0, 0.1) is 5.92 Å². The van der Waals surface area contributed by atoms with Gasteiger partial charge in [0.05, 0.1) is 6.10 Å². The molecule has 0 saturated carbocycles. The summed E-state index contributed by atoms with van der Waals surface area (Å²) in [4.78, 5) is 24.8. The van der Waals surface area contributed by atoms with E-state index in [0.29, 0.717) is 17.9 Å². The molecule has 3 unspecified atom stereocenters. The first-order chi connectivity index (χ1) is 14.0. The Morgan fingerprint density at radius 2 is 1.74 bits per heavy atom. The van der Waals surface area contributed by atoms with E-state index in [-0.39, 0.29) is 83.7 Å². The molecule has 0 aromatic carbocycles. The number of likely N-dealkylation sites (N-methyl/N-ethyl adjacent to an activating group) is 1. The standard InChI is InChI=1S/C17H30N2O3.C2H7P.C2H6.CH4O.2Y/c1-5-7-14(17(21)18-4)11-19(12-20)16-9-8-15(22-16)10-13(3)6-2;1-2-3;2*1-2;;/h11-13,15-16H,5-10H2,1-4H3,(H,18,21);2-3H2,1H3;1-2H3;2H,1H3;;/b14-11-;;;;;/t13?,15?,16-;;;;;/m1...../s1. The normalized spacial score (nSPS) is 17.4. The third kappa shape index (κ3) is 21.5. The van der Waals surface area contributed by atoms with Gasteiger partial charge in [-0.05, 0) is 37.8 Å². The first-order valence-electron chi connectivity index (χ1n) is 10.9. The number of hydrogen-bond donors (Lipinski definition) is 2. The second-order valence-corrected chi connectivity index (χ2v) is 7.30. The van der Waals surface area contributed by atoms with E-state index in [1.54, 1.807) is 13.2 Å². The molecule has 4 atom stereocenters. The minimum Gasteiger partial charge on any atom is -0.400 e. The molecule has 0 aliphatic carbocycles. The Balaban J connectivity index is -0.000000224. The molecule has 0 aromatic heterocycles. The molecule has 9 heteroatoms. The number of ether oxygens (including phenoxy) is 1. The molecule has 2 N–H and O–H groups in total. The molecule has 1 heterocycles. The van der Waals surface area contributed by atoms with Crippen LogP contribution in [0.5, 0.6) is 0 Å². The molecule has 1 saturated heterocycles. The third-order valence-electron chi connectivity index (χ3n) is 4.24. The smallest absolute Gasteiger partial charge is 0.248 e. The van der Waals surface area contributed by atoms with Crippen LogP contribution in [0.1, 0.15) is 80.1 Å². The average molecular weight is 612 g/mol. The van der Waals surface area contributed by atoms with Gasteiger partial charge in [-0.15, -0.1) is 9.24 Å². The van der Waals surface area contributed by atoms with Crippen LogP contribution in [0.25, 0.3) is 0 Å². The molecule has 1 aliphatic heterocycles. The van der Waals surface area contributed by atoms with Gasteiger partial charge < -0.3 is 15.2 Å². The quantitative estimate of drug-likeness (QED) is 0.231. The molecule has 0 bridgehead atoms. The SMILES string of the molecule is CC.CCC/C(=C/N(C=O)[C@H]1CCC(CC(C)CC)O1)C(=O)NC.CCP.CO.[Y].[Y]. The summed E-state index contributed by atoms with van der Waals surface area (Å²) in [6.45, 7) is 12.5. The number of carbonyl (C=O) groups excluding carboxylic acids is 2. The summed E-state index contributed by atoms with van der Waals surface area (Å²) in [5, 5.41) is 9.62. The topological polar surface area (TPSA) is 78.9 Å². The first-order valence-corrected chi connectivity index (χ1v) is 11.7. The van der Waals surface area contributed by atoms with Crippen molar-refractivity contribution < 1.29 is 84.9 Å². The van der Waals surface area contributed by atoms with Gasteiger partial charge in [0, 0.05) is 91.3 Å². The third-order valence-corrected chi connectivity index (χ3v) is 4.24. The van der Waals surface area contributed by atoms with Gasteiger partial charge >= 0.3 is 0 Å².